The van der Waals surface area contributed by atoms with Crippen LogP contribution in [0.1, 0.15) is 22.3 Å². The van der Waals surface area contributed by atoms with Gasteiger partial charge < -0.3 is 0 Å². The van der Waals surface area contributed by atoms with Crippen molar-refractivity contribution < 1.29 is 0 Å². The van der Waals surface area contributed by atoms with Gasteiger partial charge in [-0.2, -0.15) is 0 Å². The predicted octanol–water partition coefficient (Wildman–Crippen LogP) is 8.26. The zero-order valence-electron chi connectivity index (χ0n) is 16.5. The van der Waals surface area contributed by atoms with Crippen LogP contribution in [0.2, 0.25) is 0 Å². The number of aryl methyl sites for hydroxylation is 1. The molecule has 140 valence electrons. The van der Waals surface area contributed by atoms with Crippen molar-refractivity contribution in [2.75, 3.05) is 0 Å². The first-order chi connectivity index (χ1) is 14.2. The van der Waals surface area contributed by atoms with Gasteiger partial charge in [0.1, 0.15) is 0 Å². The Morgan fingerprint density at radius 2 is 1.52 bits per heavy atom. The summed E-state index contributed by atoms with van der Waals surface area (Å²) in [6, 6.07) is 30.8. The first-order valence-corrected chi connectivity index (χ1v) is 10.8. The molecule has 1 heterocycles. The molecule has 29 heavy (non-hydrogen) atoms. The molecule has 0 N–H and O–H groups in total. The molecule has 0 aliphatic heterocycles. The van der Waals surface area contributed by atoms with Gasteiger partial charge >= 0.3 is 0 Å². The molecule has 0 aliphatic rings. The molecule has 0 unspecified atom stereocenters. The number of hydrogen-bond donors (Lipinski definition) is 0. The molecule has 0 saturated carbocycles. The normalized spacial score (nSPS) is 11.2. The molecule has 0 aliphatic carbocycles. The van der Waals surface area contributed by atoms with E-state index in [4.69, 9.17) is 0 Å². The lowest BCUT2D eigenvalue weighted by Crippen LogP contribution is -1.92. The minimum Gasteiger partial charge on any atom is -0.135 e. The molecule has 0 radical (unpaired) electrons. The lowest BCUT2D eigenvalue weighted by atomic mass is 9.96. The number of rotatable bonds is 4. The summed E-state index contributed by atoms with van der Waals surface area (Å²) in [5.41, 5.74) is 6.55. The number of hydrogen-bond acceptors (Lipinski definition) is 1. The van der Waals surface area contributed by atoms with Crippen molar-refractivity contribution in [3.63, 3.8) is 0 Å². The summed E-state index contributed by atoms with van der Waals surface area (Å²) < 4.78 is 1.32. The molecule has 0 amide bonds. The SMILES string of the molecule is C=Cc1c(-c2ccccc2Cc2ccc(C)cc2)sc2cc3ccccc3cc12. The van der Waals surface area contributed by atoms with E-state index >= 15 is 0 Å². The lowest BCUT2D eigenvalue weighted by Gasteiger charge is -2.10. The van der Waals surface area contributed by atoms with Crippen LogP contribution in [0.5, 0.6) is 0 Å². The molecular formula is C28H22S. The van der Waals surface area contributed by atoms with Crippen molar-refractivity contribution in [2.45, 2.75) is 13.3 Å². The molecular weight excluding hydrogens is 368 g/mol. The summed E-state index contributed by atoms with van der Waals surface area (Å²) in [5, 5.41) is 3.86. The zero-order valence-corrected chi connectivity index (χ0v) is 17.3. The van der Waals surface area contributed by atoms with E-state index in [0.717, 1.165) is 6.42 Å². The van der Waals surface area contributed by atoms with Crippen molar-refractivity contribution >= 4 is 38.3 Å². The van der Waals surface area contributed by atoms with Gasteiger partial charge in [0.2, 0.25) is 0 Å². The predicted molar refractivity (Wildman–Crippen MR) is 129 cm³/mol. The maximum absolute atomic E-state index is 4.15. The van der Waals surface area contributed by atoms with Crippen molar-refractivity contribution in [1.29, 1.82) is 0 Å². The average Bonchev–Trinajstić information content (AvgIpc) is 3.11. The number of benzene rings is 4. The van der Waals surface area contributed by atoms with Gasteiger partial charge in [-0.3, -0.25) is 0 Å². The maximum Gasteiger partial charge on any atom is 0.0430 e. The largest absolute Gasteiger partial charge is 0.135 e. The Morgan fingerprint density at radius 1 is 0.828 bits per heavy atom. The van der Waals surface area contributed by atoms with Gasteiger partial charge in [-0.1, -0.05) is 91.0 Å². The molecule has 0 bridgehead atoms. The monoisotopic (exact) mass is 390 g/mol. The fourth-order valence-electron chi connectivity index (χ4n) is 4.03. The Bertz CT molecular complexity index is 1340. The number of fused-ring (bicyclic) bond motifs is 2. The summed E-state index contributed by atoms with van der Waals surface area (Å²) in [5.74, 6) is 0. The second kappa shape index (κ2) is 7.35. The van der Waals surface area contributed by atoms with Gasteiger partial charge in [0.25, 0.3) is 0 Å². The topological polar surface area (TPSA) is 0 Å². The summed E-state index contributed by atoms with van der Waals surface area (Å²) in [6.07, 6.45) is 2.95. The van der Waals surface area contributed by atoms with E-state index in [2.05, 4.69) is 98.4 Å². The molecule has 4 aromatic carbocycles. The molecule has 0 atom stereocenters. The van der Waals surface area contributed by atoms with Crippen LogP contribution in [0.15, 0.2) is 91.5 Å². The molecule has 0 fully saturated rings. The minimum atomic E-state index is 0.934. The number of thiophene rings is 1. The Balaban J connectivity index is 1.68. The second-order valence-corrected chi connectivity index (χ2v) is 8.62. The second-order valence-electron chi connectivity index (χ2n) is 7.56. The third kappa shape index (κ3) is 3.28. The van der Waals surface area contributed by atoms with E-state index in [1.807, 2.05) is 17.4 Å². The summed E-state index contributed by atoms with van der Waals surface area (Å²) in [6.45, 7) is 6.28. The highest BCUT2D eigenvalue weighted by Crippen LogP contribution is 2.42. The Hall–Kier alpha value is -3.16. The van der Waals surface area contributed by atoms with Gasteiger partial charge in [-0.25, -0.2) is 0 Å². The summed E-state index contributed by atoms with van der Waals surface area (Å²) >= 11 is 1.87. The highest BCUT2D eigenvalue weighted by Gasteiger charge is 2.15. The van der Waals surface area contributed by atoms with Crippen LogP contribution < -0.4 is 0 Å². The van der Waals surface area contributed by atoms with E-state index in [-0.39, 0.29) is 0 Å². The van der Waals surface area contributed by atoms with Crippen LogP contribution in [0.25, 0.3) is 37.4 Å². The van der Waals surface area contributed by atoms with Crippen LogP contribution in [-0.4, -0.2) is 0 Å². The lowest BCUT2D eigenvalue weighted by molar-refractivity contribution is 1.19. The van der Waals surface area contributed by atoms with Gasteiger partial charge in [-0.15, -0.1) is 11.3 Å². The van der Waals surface area contributed by atoms with Crippen LogP contribution in [0, 0.1) is 6.92 Å². The van der Waals surface area contributed by atoms with Gasteiger partial charge in [0, 0.05) is 20.5 Å². The molecule has 0 spiro atoms. The van der Waals surface area contributed by atoms with Crippen LogP contribution in [0.4, 0.5) is 0 Å². The Labute approximate surface area is 175 Å². The Morgan fingerprint density at radius 3 is 2.28 bits per heavy atom. The summed E-state index contributed by atoms with van der Waals surface area (Å²) in [7, 11) is 0. The van der Waals surface area contributed by atoms with Crippen molar-refractivity contribution in [1.82, 2.24) is 0 Å². The molecule has 0 saturated heterocycles. The van der Waals surface area contributed by atoms with Crippen LogP contribution in [0.3, 0.4) is 0 Å². The van der Waals surface area contributed by atoms with Crippen molar-refractivity contribution in [3.05, 3.63) is 114 Å². The van der Waals surface area contributed by atoms with Gasteiger partial charge in [0.15, 0.2) is 0 Å². The van der Waals surface area contributed by atoms with E-state index < -0.39 is 0 Å². The smallest absolute Gasteiger partial charge is 0.0430 e. The molecule has 0 nitrogen and oxygen atoms in total. The fourth-order valence-corrected chi connectivity index (χ4v) is 5.32. The van der Waals surface area contributed by atoms with Crippen LogP contribution >= 0.6 is 11.3 Å². The first kappa shape index (κ1) is 17.9. The highest BCUT2D eigenvalue weighted by atomic mass is 32.1. The fraction of sp³-hybridized carbons (Fsp3) is 0.0714. The third-order valence-corrected chi connectivity index (χ3v) is 6.78. The minimum absolute atomic E-state index is 0.934. The van der Waals surface area contributed by atoms with E-state index in [9.17, 15) is 0 Å². The highest BCUT2D eigenvalue weighted by molar-refractivity contribution is 7.22. The molecule has 1 heteroatoms. The van der Waals surface area contributed by atoms with Crippen molar-refractivity contribution in [3.8, 4) is 10.4 Å². The van der Waals surface area contributed by atoms with Gasteiger partial charge in [-0.05, 0) is 52.9 Å². The average molecular weight is 391 g/mol. The molecule has 5 rings (SSSR count). The zero-order chi connectivity index (χ0) is 19.8. The van der Waals surface area contributed by atoms with E-state index in [0.29, 0.717) is 0 Å². The molecule has 1 aromatic heterocycles. The third-order valence-electron chi connectivity index (χ3n) is 5.58. The standard InChI is InChI=1S/C28H22S/c1-3-24-26-17-21-8-4-5-9-22(21)18-27(26)29-28(24)25-11-7-6-10-23(25)16-20-14-12-19(2)13-15-20/h3-15,17-18H,1,16H2,2H3. The van der Waals surface area contributed by atoms with Gasteiger partial charge in [0.05, 0.1) is 0 Å². The maximum atomic E-state index is 4.15. The first-order valence-electron chi connectivity index (χ1n) is 9.94. The van der Waals surface area contributed by atoms with Crippen molar-refractivity contribution in [2.24, 2.45) is 0 Å². The van der Waals surface area contributed by atoms with E-state index in [1.165, 1.54) is 53.6 Å². The Kier molecular flexibility index (Phi) is 4.54. The quantitative estimate of drug-likeness (QED) is 0.290. The summed E-state index contributed by atoms with van der Waals surface area (Å²) in [4.78, 5) is 1.31. The molecule has 5 aromatic rings. The van der Waals surface area contributed by atoms with Crippen LogP contribution in [-0.2, 0) is 6.42 Å². The van der Waals surface area contributed by atoms with E-state index in [1.54, 1.807) is 0 Å².